The summed E-state index contributed by atoms with van der Waals surface area (Å²) in [5.74, 6) is 0. The van der Waals surface area contributed by atoms with Crippen LogP contribution in [0.5, 0.6) is 0 Å². The van der Waals surface area contributed by atoms with Crippen LogP contribution in [0.2, 0.25) is 0 Å². The number of ether oxygens (including phenoxy) is 1. The van der Waals surface area contributed by atoms with E-state index in [1.54, 1.807) is 0 Å². The molecule has 0 aliphatic carbocycles. The summed E-state index contributed by atoms with van der Waals surface area (Å²) >= 11 is 0. The van der Waals surface area contributed by atoms with Crippen molar-refractivity contribution in [2.75, 3.05) is 13.2 Å². The van der Waals surface area contributed by atoms with Crippen LogP contribution >= 0.6 is 0 Å². The van der Waals surface area contributed by atoms with Crippen molar-refractivity contribution in [3.8, 4) is 0 Å². The fraction of sp³-hybridized carbons (Fsp3) is 0.800. The fourth-order valence-electron chi connectivity index (χ4n) is 0.688. The molecular formula is C10H18O7. The van der Waals surface area contributed by atoms with Crippen LogP contribution in [0.3, 0.4) is 0 Å². The largest absolute Gasteiger partial charge is 0.550 e. The molecule has 0 rings (SSSR count). The highest BCUT2D eigenvalue weighted by Crippen LogP contribution is 1.96. The van der Waals surface area contributed by atoms with Crippen LogP contribution in [-0.4, -0.2) is 25.5 Å². The Kier molecular flexibility index (Phi) is 10.3. The number of hydrogen-bond acceptors (Lipinski definition) is 7. The second-order valence-electron chi connectivity index (χ2n) is 3.12. The van der Waals surface area contributed by atoms with Crippen LogP contribution in [0, 0.1) is 0 Å². The van der Waals surface area contributed by atoms with Gasteiger partial charge in [0.1, 0.15) is 0 Å². The zero-order valence-corrected chi connectivity index (χ0v) is 10.1. The van der Waals surface area contributed by atoms with Gasteiger partial charge in [-0.15, -0.1) is 0 Å². The third kappa shape index (κ3) is 10.9. The van der Waals surface area contributed by atoms with Gasteiger partial charge < -0.3 is 4.74 Å². The topological polar surface area (TPSA) is 80.3 Å². The minimum absolute atomic E-state index is 0.244. The third-order valence-electron chi connectivity index (χ3n) is 1.58. The molecule has 7 nitrogen and oxygen atoms in total. The molecular weight excluding hydrogens is 232 g/mol. The molecule has 0 radical (unpaired) electrons. The molecule has 0 aromatic carbocycles. The summed E-state index contributed by atoms with van der Waals surface area (Å²) in [4.78, 5) is 38.7. The Hall–Kier alpha value is -1.34. The Morgan fingerprint density at radius 3 is 1.59 bits per heavy atom. The molecule has 0 aromatic heterocycles. The van der Waals surface area contributed by atoms with Gasteiger partial charge in [0.15, 0.2) is 0 Å². The first kappa shape index (κ1) is 15.7. The Bertz CT molecular complexity index is 195. The molecule has 0 bridgehead atoms. The molecule has 0 aromatic rings. The van der Waals surface area contributed by atoms with Gasteiger partial charge in [-0.3, -0.25) is 9.78 Å². The lowest BCUT2D eigenvalue weighted by Crippen LogP contribution is -2.16. The van der Waals surface area contributed by atoms with Crippen LogP contribution < -0.4 is 0 Å². The van der Waals surface area contributed by atoms with Crippen molar-refractivity contribution in [3.05, 3.63) is 0 Å². The summed E-state index contributed by atoms with van der Waals surface area (Å²) in [5, 5.41) is 0. The van der Waals surface area contributed by atoms with Gasteiger partial charge in [-0.25, -0.2) is 9.59 Å². The maximum Gasteiger partial charge on any atom is 0.550 e. The van der Waals surface area contributed by atoms with E-state index >= 15 is 0 Å². The number of hydrogen-bond donors (Lipinski definition) is 0. The Morgan fingerprint density at radius 2 is 1.24 bits per heavy atom. The molecule has 0 saturated carbocycles. The molecule has 100 valence electrons. The molecule has 0 fully saturated rings. The first-order valence-electron chi connectivity index (χ1n) is 5.55. The summed E-state index contributed by atoms with van der Waals surface area (Å²) < 4.78 is 4.04. The van der Waals surface area contributed by atoms with Crippen molar-refractivity contribution in [2.45, 2.75) is 39.5 Å². The first-order valence-corrected chi connectivity index (χ1v) is 5.55. The van der Waals surface area contributed by atoms with Crippen LogP contribution in [0.1, 0.15) is 39.5 Å². The first-order chi connectivity index (χ1) is 8.20. The smallest absolute Gasteiger partial charge is 0.323 e. The van der Waals surface area contributed by atoms with E-state index in [-0.39, 0.29) is 13.2 Å². The summed E-state index contributed by atoms with van der Waals surface area (Å²) in [5.41, 5.74) is 0. The van der Waals surface area contributed by atoms with Gasteiger partial charge >= 0.3 is 12.3 Å². The van der Waals surface area contributed by atoms with Gasteiger partial charge in [0, 0.05) is 0 Å². The molecule has 0 N–H and O–H groups in total. The molecule has 0 saturated heterocycles. The van der Waals surface area contributed by atoms with Crippen molar-refractivity contribution in [3.63, 3.8) is 0 Å². The highest BCUT2D eigenvalue weighted by molar-refractivity contribution is 5.76. The zero-order chi connectivity index (χ0) is 12.9. The number of unbranched alkanes of at least 4 members (excludes halogenated alkanes) is 2. The monoisotopic (exact) mass is 250 g/mol. The molecule has 0 aliphatic heterocycles. The predicted octanol–water partition coefficient (Wildman–Crippen LogP) is 2.74. The van der Waals surface area contributed by atoms with Gasteiger partial charge in [-0.1, -0.05) is 26.7 Å². The lowest BCUT2D eigenvalue weighted by Gasteiger charge is -2.03. The van der Waals surface area contributed by atoms with Crippen molar-refractivity contribution in [1.82, 2.24) is 0 Å². The van der Waals surface area contributed by atoms with Gasteiger partial charge in [-0.05, 0) is 12.8 Å². The van der Waals surface area contributed by atoms with Crippen LogP contribution in [0.4, 0.5) is 9.59 Å². The summed E-state index contributed by atoms with van der Waals surface area (Å²) in [6, 6.07) is 0. The van der Waals surface area contributed by atoms with Gasteiger partial charge in [0.2, 0.25) is 0 Å². The Labute approximate surface area is 99.8 Å². The van der Waals surface area contributed by atoms with Crippen LogP contribution in [-0.2, 0) is 24.3 Å². The summed E-state index contributed by atoms with van der Waals surface area (Å²) in [7, 11) is 0. The van der Waals surface area contributed by atoms with Gasteiger partial charge in [0.25, 0.3) is 0 Å². The minimum Gasteiger partial charge on any atom is -0.323 e. The molecule has 0 atom stereocenters. The molecule has 0 spiro atoms. The predicted molar refractivity (Wildman–Crippen MR) is 55.8 cm³/mol. The number of rotatable bonds is 8. The van der Waals surface area contributed by atoms with Crippen molar-refractivity contribution < 1.29 is 33.9 Å². The van der Waals surface area contributed by atoms with E-state index in [1.807, 2.05) is 13.8 Å². The molecule has 7 heteroatoms. The Morgan fingerprint density at radius 1 is 0.824 bits per heavy atom. The van der Waals surface area contributed by atoms with E-state index in [1.165, 1.54) is 0 Å². The van der Waals surface area contributed by atoms with E-state index in [0.717, 1.165) is 25.7 Å². The highest BCUT2D eigenvalue weighted by Gasteiger charge is 2.15. The van der Waals surface area contributed by atoms with E-state index in [2.05, 4.69) is 24.3 Å². The third-order valence-corrected chi connectivity index (χ3v) is 1.58. The van der Waals surface area contributed by atoms with Crippen molar-refractivity contribution >= 4 is 12.3 Å². The van der Waals surface area contributed by atoms with Crippen LogP contribution in [0.15, 0.2) is 0 Å². The Balaban J connectivity index is 3.42. The quantitative estimate of drug-likeness (QED) is 0.215. The molecule has 17 heavy (non-hydrogen) atoms. The lowest BCUT2D eigenvalue weighted by molar-refractivity contribution is -0.271. The van der Waals surface area contributed by atoms with Crippen molar-refractivity contribution in [2.24, 2.45) is 0 Å². The molecule has 0 aliphatic rings. The number of carbonyl (C=O) groups excluding carboxylic acids is 2. The maximum atomic E-state index is 10.8. The average Bonchev–Trinajstić information content (AvgIpc) is 2.30. The minimum atomic E-state index is -1.29. The highest BCUT2D eigenvalue weighted by atomic mass is 17.3. The summed E-state index contributed by atoms with van der Waals surface area (Å²) in [6.07, 6.45) is 0.683. The fourth-order valence-corrected chi connectivity index (χ4v) is 0.688. The standard InChI is InChI=1S/C10H18O7/c1-3-5-7-13-16-9(11)15-10(12)17-14-8-6-4-2/h3-8H2,1-2H3. The SMILES string of the molecule is CCCCOOC(=O)OC(=O)OOCCCC. The summed E-state index contributed by atoms with van der Waals surface area (Å²) in [6.45, 7) is 4.39. The molecule has 0 amide bonds. The lowest BCUT2D eigenvalue weighted by atomic mass is 10.4. The number of carbonyl (C=O) groups is 2. The van der Waals surface area contributed by atoms with E-state index < -0.39 is 12.3 Å². The van der Waals surface area contributed by atoms with Gasteiger partial charge in [-0.2, -0.15) is 9.78 Å². The zero-order valence-electron chi connectivity index (χ0n) is 10.1. The van der Waals surface area contributed by atoms with E-state index in [9.17, 15) is 9.59 Å². The van der Waals surface area contributed by atoms with E-state index in [0.29, 0.717) is 0 Å². The second-order valence-corrected chi connectivity index (χ2v) is 3.12. The average molecular weight is 250 g/mol. The van der Waals surface area contributed by atoms with Crippen LogP contribution in [0.25, 0.3) is 0 Å². The van der Waals surface area contributed by atoms with Gasteiger partial charge in [0.05, 0.1) is 13.2 Å². The molecule has 0 unspecified atom stereocenters. The molecule has 0 heterocycles. The van der Waals surface area contributed by atoms with Crippen molar-refractivity contribution in [1.29, 1.82) is 0 Å². The maximum absolute atomic E-state index is 10.8. The second kappa shape index (κ2) is 11.2. The normalized spacial score (nSPS) is 9.76. The van der Waals surface area contributed by atoms with E-state index in [4.69, 9.17) is 0 Å².